The zero-order valence-electron chi connectivity index (χ0n) is 10.7. The number of benzene rings is 1. The fraction of sp³-hybridized carbons (Fsp3) is 0.0769. The van der Waals surface area contributed by atoms with E-state index < -0.39 is 0 Å². The van der Waals surface area contributed by atoms with Crippen molar-refractivity contribution in [3.05, 3.63) is 41.1 Å². The van der Waals surface area contributed by atoms with E-state index in [-0.39, 0.29) is 5.95 Å². The Morgan fingerprint density at radius 3 is 2.60 bits per heavy atom. The van der Waals surface area contributed by atoms with E-state index in [1.807, 2.05) is 19.1 Å². The second-order valence-corrected chi connectivity index (χ2v) is 3.98. The van der Waals surface area contributed by atoms with E-state index in [2.05, 4.69) is 20.7 Å². The van der Waals surface area contributed by atoms with E-state index in [4.69, 9.17) is 16.4 Å². The molecule has 0 spiro atoms. The van der Waals surface area contributed by atoms with E-state index >= 15 is 0 Å². The van der Waals surface area contributed by atoms with Crippen molar-refractivity contribution in [3.8, 4) is 12.1 Å². The summed E-state index contributed by atoms with van der Waals surface area (Å²) in [7, 11) is 0. The summed E-state index contributed by atoms with van der Waals surface area (Å²) >= 11 is 0. The zero-order chi connectivity index (χ0) is 14.5. The van der Waals surface area contributed by atoms with Gasteiger partial charge in [-0.25, -0.2) is 10.8 Å². The van der Waals surface area contributed by atoms with E-state index in [1.165, 1.54) is 0 Å². The van der Waals surface area contributed by atoms with Crippen LogP contribution in [0.5, 0.6) is 0 Å². The van der Waals surface area contributed by atoms with Gasteiger partial charge in [-0.1, -0.05) is 0 Å². The Kier molecular flexibility index (Phi) is 3.75. The van der Waals surface area contributed by atoms with E-state index in [0.29, 0.717) is 22.6 Å². The molecule has 0 unspecified atom stereocenters. The molecule has 0 saturated heterocycles. The van der Waals surface area contributed by atoms with Gasteiger partial charge in [0, 0.05) is 17.4 Å². The lowest BCUT2D eigenvalue weighted by molar-refractivity contribution is 1.09. The fourth-order valence-electron chi connectivity index (χ4n) is 1.59. The first-order valence-corrected chi connectivity index (χ1v) is 5.69. The minimum absolute atomic E-state index is 0.284. The lowest BCUT2D eigenvalue weighted by atomic mass is 10.1. The summed E-state index contributed by atoms with van der Waals surface area (Å²) in [5.74, 6) is 6.12. The smallest absolute Gasteiger partial charge is 0.239 e. The molecule has 1 aromatic carbocycles. The van der Waals surface area contributed by atoms with Crippen molar-refractivity contribution in [1.29, 1.82) is 10.5 Å². The molecule has 0 saturated carbocycles. The molecular weight excluding hydrogens is 254 g/mol. The maximum absolute atomic E-state index is 9.00. The molecule has 4 N–H and O–H groups in total. The monoisotopic (exact) mass is 265 g/mol. The predicted molar refractivity (Wildman–Crippen MR) is 73.7 cm³/mol. The summed E-state index contributed by atoms with van der Waals surface area (Å²) < 4.78 is 0. The molecule has 1 aromatic heterocycles. The highest BCUT2D eigenvalue weighted by Gasteiger charge is 2.06. The molecule has 0 radical (unpaired) electrons. The number of anilines is 3. The van der Waals surface area contributed by atoms with Crippen LogP contribution in [0.4, 0.5) is 17.5 Å². The van der Waals surface area contributed by atoms with Crippen LogP contribution in [0.3, 0.4) is 0 Å². The Hall–Kier alpha value is -3.16. The molecule has 0 fully saturated rings. The van der Waals surface area contributed by atoms with Crippen LogP contribution in [0.15, 0.2) is 24.4 Å². The molecule has 0 aliphatic heterocycles. The number of aryl methyl sites for hydroxylation is 1. The third kappa shape index (κ3) is 2.64. The topological polar surface area (TPSA) is 123 Å². The van der Waals surface area contributed by atoms with Gasteiger partial charge in [0.2, 0.25) is 5.95 Å². The van der Waals surface area contributed by atoms with Gasteiger partial charge in [0.15, 0.2) is 0 Å². The Bertz CT molecular complexity index is 724. The number of nitrogens with two attached hydrogens (primary N) is 1. The van der Waals surface area contributed by atoms with Crippen molar-refractivity contribution >= 4 is 17.5 Å². The Morgan fingerprint density at radius 2 is 1.95 bits per heavy atom. The average molecular weight is 265 g/mol. The Morgan fingerprint density at radius 1 is 1.20 bits per heavy atom. The standard InChI is InChI=1S/C13H11N7/c1-8-7-17-13(20-16)19-12(8)18-11-3-2-9(5-14)10(4-11)6-15/h2-4,7H,16H2,1H3,(H2,17,18,19,20). The number of aromatic nitrogens is 2. The van der Waals surface area contributed by atoms with Gasteiger partial charge in [-0.2, -0.15) is 15.5 Å². The van der Waals surface area contributed by atoms with Gasteiger partial charge in [0.05, 0.1) is 11.1 Å². The molecule has 7 heteroatoms. The van der Waals surface area contributed by atoms with Crippen LogP contribution in [0.2, 0.25) is 0 Å². The van der Waals surface area contributed by atoms with Crippen LogP contribution in [0.1, 0.15) is 16.7 Å². The molecule has 7 nitrogen and oxygen atoms in total. The van der Waals surface area contributed by atoms with Crippen molar-refractivity contribution < 1.29 is 0 Å². The first kappa shape index (κ1) is 13.3. The number of nitriles is 2. The van der Waals surface area contributed by atoms with Gasteiger partial charge in [-0.05, 0) is 25.1 Å². The Balaban J connectivity index is 2.36. The molecule has 2 aromatic rings. The van der Waals surface area contributed by atoms with Gasteiger partial charge in [-0.15, -0.1) is 0 Å². The van der Waals surface area contributed by atoms with Crippen molar-refractivity contribution in [3.63, 3.8) is 0 Å². The van der Waals surface area contributed by atoms with Crippen LogP contribution in [-0.4, -0.2) is 9.97 Å². The Labute approximate surface area is 115 Å². The number of rotatable bonds is 3. The quantitative estimate of drug-likeness (QED) is 0.568. The molecule has 0 bridgehead atoms. The minimum atomic E-state index is 0.284. The van der Waals surface area contributed by atoms with Crippen LogP contribution in [0.25, 0.3) is 0 Å². The summed E-state index contributed by atoms with van der Waals surface area (Å²) in [4.78, 5) is 8.16. The highest BCUT2D eigenvalue weighted by Crippen LogP contribution is 2.21. The molecule has 20 heavy (non-hydrogen) atoms. The maximum Gasteiger partial charge on any atom is 0.239 e. The summed E-state index contributed by atoms with van der Waals surface area (Å²) in [6.07, 6.45) is 1.62. The fourth-order valence-corrected chi connectivity index (χ4v) is 1.59. The van der Waals surface area contributed by atoms with Crippen LogP contribution < -0.4 is 16.6 Å². The van der Waals surface area contributed by atoms with E-state index in [9.17, 15) is 0 Å². The molecule has 0 atom stereocenters. The lowest BCUT2D eigenvalue weighted by Gasteiger charge is -2.10. The number of hydrazine groups is 1. The summed E-state index contributed by atoms with van der Waals surface area (Å²) in [6, 6.07) is 8.83. The first-order chi connectivity index (χ1) is 9.67. The lowest BCUT2D eigenvalue weighted by Crippen LogP contribution is -2.11. The number of nitrogens with one attached hydrogen (secondary N) is 2. The van der Waals surface area contributed by atoms with Crippen molar-refractivity contribution in [1.82, 2.24) is 9.97 Å². The normalized spacial score (nSPS) is 9.40. The third-order valence-electron chi connectivity index (χ3n) is 2.62. The largest absolute Gasteiger partial charge is 0.340 e. The number of hydrogen-bond acceptors (Lipinski definition) is 7. The predicted octanol–water partition coefficient (Wildman–Crippen LogP) is 1.56. The molecular formula is C13H11N7. The van der Waals surface area contributed by atoms with Crippen LogP contribution >= 0.6 is 0 Å². The molecule has 2 rings (SSSR count). The maximum atomic E-state index is 9.00. The van der Waals surface area contributed by atoms with E-state index in [1.54, 1.807) is 24.4 Å². The molecule has 0 aliphatic rings. The number of nitrogen functional groups attached to an aromatic ring is 1. The van der Waals surface area contributed by atoms with Crippen molar-refractivity contribution in [2.75, 3.05) is 10.7 Å². The van der Waals surface area contributed by atoms with Gasteiger partial charge < -0.3 is 5.32 Å². The molecule has 1 heterocycles. The summed E-state index contributed by atoms with van der Waals surface area (Å²) in [5, 5.41) is 20.9. The number of hydrogen-bond donors (Lipinski definition) is 3. The highest BCUT2D eigenvalue weighted by molar-refractivity contribution is 5.64. The SMILES string of the molecule is Cc1cnc(NN)nc1Nc1ccc(C#N)c(C#N)c1. The average Bonchev–Trinajstić information content (AvgIpc) is 2.49. The van der Waals surface area contributed by atoms with Gasteiger partial charge in [0.1, 0.15) is 18.0 Å². The second kappa shape index (κ2) is 5.65. The highest BCUT2D eigenvalue weighted by atomic mass is 15.3. The van der Waals surface area contributed by atoms with E-state index in [0.717, 1.165) is 5.56 Å². The zero-order valence-corrected chi connectivity index (χ0v) is 10.7. The summed E-state index contributed by atoms with van der Waals surface area (Å²) in [5.41, 5.74) is 4.49. The molecule has 0 aliphatic carbocycles. The van der Waals surface area contributed by atoms with Crippen LogP contribution in [0, 0.1) is 29.6 Å². The molecule has 0 amide bonds. The van der Waals surface area contributed by atoms with Gasteiger partial charge in [-0.3, -0.25) is 5.43 Å². The summed E-state index contributed by atoms with van der Waals surface area (Å²) in [6.45, 7) is 1.84. The minimum Gasteiger partial charge on any atom is -0.340 e. The first-order valence-electron chi connectivity index (χ1n) is 5.69. The van der Waals surface area contributed by atoms with Crippen LogP contribution in [-0.2, 0) is 0 Å². The third-order valence-corrected chi connectivity index (χ3v) is 2.62. The van der Waals surface area contributed by atoms with Crippen molar-refractivity contribution in [2.24, 2.45) is 5.84 Å². The molecule has 98 valence electrons. The van der Waals surface area contributed by atoms with Gasteiger partial charge in [0.25, 0.3) is 0 Å². The second-order valence-electron chi connectivity index (χ2n) is 3.98. The van der Waals surface area contributed by atoms with Crippen molar-refractivity contribution in [2.45, 2.75) is 6.92 Å². The number of nitrogens with zero attached hydrogens (tertiary/aromatic N) is 4. The van der Waals surface area contributed by atoms with Gasteiger partial charge >= 0.3 is 0 Å².